The molecule has 0 fully saturated rings. The first-order valence-electron chi connectivity index (χ1n) is 32.5. The first kappa shape index (κ1) is 77.2. The van der Waals surface area contributed by atoms with E-state index in [1.165, 1.54) is 20.8 Å². The standard InChI is InChI=1S/C34H36N8O11.C31H35ClN8O11/c1-4-9-30-35-28-13-7-12-27(33(43)50-22(3)51-34(44)49-19-8-14-29(53-42(47)48)21(2)52-41(45)46)31(28)40(30)20-23-15-17-24(18-16-23)25-10-5-6-11-26(25)32-36-38-39-37-32;1-3-4-12-26-33-28(32)27(30(41)49-20(2)50-31(42)47-17-8-7-9-23(51-40(45)46)19-48-39(43)44)38(26)18-21-13-15-22(16-14-21)24-10-5-6-11-25(24)29-34-36-37-35-29/h5-7,10-13,15-18,21-22,29H,4,8-9,14,19-20H2,1-3H3,(H,36,37,38,39);5-6,10-11,13-16,20,23H,3-4,7-9,12,17-19H2,1-2H3,(H,34,35,36,37)/t21-,22?,29-;20?,23-/m11/s1. The van der Waals surface area contributed by atoms with Gasteiger partial charge in [0.1, 0.15) is 36.6 Å². The number of rotatable bonds is 38. The molecule has 0 bridgehead atoms. The highest BCUT2D eigenvalue weighted by atomic mass is 35.5. The number of aromatic amines is 2. The molecule has 38 nitrogen and oxygen atoms in total. The van der Waals surface area contributed by atoms with Gasteiger partial charge in [0, 0.05) is 50.9 Å². The Morgan fingerprint density at radius 2 is 1.07 bits per heavy atom. The van der Waals surface area contributed by atoms with Crippen molar-refractivity contribution in [1.82, 2.24) is 60.4 Å². The second-order valence-corrected chi connectivity index (χ2v) is 23.1. The largest absolute Gasteiger partial charge is 0.511 e. The van der Waals surface area contributed by atoms with Crippen LogP contribution in [-0.4, -0.2) is 156 Å². The smallest absolute Gasteiger partial charge is 0.434 e. The predicted octanol–water partition coefficient (Wildman–Crippen LogP) is 10.9. The summed E-state index contributed by atoms with van der Waals surface area (Å²) in [5.41, 5.74) is 8.55. The van der Waals surface area contributed by atoms with Crippen LogP contribution < -0.4 is 0 Å². The number of hydrogen-bond donors (Lipinski definition) is 2. The van der Waals surface area contributed by atoms with Crippen LogP contribution in [0.4, 0.5) is 9.59 Å². The van der Waals surface area contributed by atoms with Gasteiger partial charge in [-0.25, -0.2) is 29.1 Å². The van der Waals surface area contributed by atoms with Gasteiger partial charge in [-0.3, -0.25) is 0 Å². The molecule has 9 aromatic rings. The van der Waals surface area contributed by atoms with Crippen molar-refractivity contribution in [1.29, 1.82) is 0 Å². The number of H-pyrrole nitrogens is 2. The predicted molar refractivity (Wildman–Crippen MR) is 360 cm³/mol. The van der Waals surface area contributed by atoms with Gasteiger partial charge in [-0.1, -0.05) is 135 Å². The number of halogens is 1. The summed E-state index contributed by atoms with van der Waals surface area (Å²) in [6.07, 6.45) is -4.59. The average Bonchev–Trinajstić information content (AvgIpc) is 1.59. The number of imidazole rings is 2. The van der Waals surface area contributed by atoms with E-state index in [2.05, 4.69) is 65.6 Å². The van der Waals surface area contributed by atoms with Gasteiger partial charge in [-0.15, -0.1) is 60.9 Å². The fraction of sp³-hybridized carbons (Fsp3) is 0.385. The molecule has 39 heteroatoms. The van der Waals surface area contributed by atoms with Gasteiger partial charge in [0.2, 0.25) is 24.2 Å². The number of hydrogen-bond acceptors (Lipinski definition) is 30. The highest BCUT2D eigenvalue weighted by molar-refractivity contribution is 6.32. The molecule has 0 aliphatic carbocycles. The van der Waals surface area contributed by atoms with Gasteiger partial charge in [0.25, 0.3) is 20.3 Å². The van der Waals surface area contributed by atoms with Crippen molar-refractivity contribution in [3.8, 4) is 45.0 Å². The molecule has 0 saturated heterocycles. The van der Waals surface area contributed by atoms with Crippen LogP contribution in [0, 0.1) is 40.5 Å². The van der Waals surface area contributed by atoms with Crippen LogP contribution in [0.15, 0.2) is 115 Å². The zero-order valence-electron chi connectivity index (χ0n) is 56.6. The molecule has 2 N–H and O–H groups in total. The van der Waals surface area contributed by atoms with Crippen LogP contribution in [0.2, 0.25) is 5.15 Å². The number of tetrazole rings is 2. The van der Waals surface area contributed by atoms with Crippen molar-refractivity contribution in [3.05, 3.63) is 195 Å². The molecule has 9 rings (SSSR count). The molecule has 2 unspecified atom stereocenters. The first-order chi connectivity index (χ1) is 50.1. The number of unbranched alkanes of at least 4 members (excludes halogenated alkanes) is 2. The van der Waals surface area contributed by atoms with Crippen molar-refractivity contribution >= 4 is 46.9 Å². The lowest BCUT2D eigenvalue weighted by molar-refractivity contribution is -0.798. The number of fused-ring (bicyclic) bond motifs is 1. The van der Waals surface area contributed by atoms with E-state index < -0.39 is 82.1 Å². The van der Waals surface area contributed by atoms with E-state index in [1.807, 2.05) is 122 Å². The molecule has 0 amide bonds. The van der Waals surface area contributed by atoms with Crippen molar-refractivity contribution in [2.24, 2.45) is 0 Å². The van der Waals surface area contributed by atoms with Crippen LogP contribution in [0.25, 0.3) is 56.1 Å². The topological polar surface area (TPSA) is 478 Å². The minimum atomic E-state index is -1.36. The maximum atomic E-state index is 13.5. The number of ether oxygens (including phenoxy) is 6. The number of benzene rings is 5. The van der Waals surface area contributed by atoms with Crippen LogP contribution in [0.3, 0.4) is 0 Å². The lowest BCUT2D eigenvalue weighted by Crippen LogP contribution is -2.33. The molecule has 0 aliphatic heterocycles. The first-order valence-corrected chi connectivity index (χ1v) is 32.8. The van der Waals surface area contributed by atoms with Crippen molar-refractivity contribution < 1.29 is 87.3 Å². The number of nitrogens with zero attached hydrogens (tertiary/aromatic N) is 14. The molecule has 0 aliphatic rings. The number of nitrogens with one attached hydrogen (secondary N) is 2. The molecular weight excluding hydrogens is 1390 g/mol. The maximum Gasteiger partial charge on any atom is 0.511 e. The monoisotopic (exact) mass is 1460 g/mol. The normalized spacial score (nSPS) is 12.4. The Balaban J connectivity index is 0.000000264. The van der Waals surface area contributed by atoms with Gasteiger partial charge >= 0.3 is 24.2 Å². The second-order valence-electron chi connectivity index (χ2n) is 22.7. The van der Waals surface area contributed by atoms with Gasteiger partial charge in [0.15, 0.2) is 10.8 Å². The Hall–Kier alpha value is -12.5. The van der Waals surface area contributed by atoms with Crippen molar-refractivity contribution in [3.63, 3.8) is 0 Å². The lowest BCUT2D eigenvalue weighted by atomic mass is 9.98. The number of aromatic nitrogens is 12. The third-order valence-corrected chi connectivity index (χ3v) is 15.7. The SMILES string of the molecule is CCCCc1nc(Cl)c(C(=O)OC(C)OC(=O)OCCCC[C@H](CO[N+](=O)[O-])O[N+](=O)[O-])n1Cc1ccc(-c2ccccc2-c2nn[nH]n2)cc1.CCCc1nc2cccc(C(=O)OC(C)OC(=O)OCCC[C@@H](O[N+](=O)[O-])[C@@H](C)O[N+](=O)[O-])c2n1Cc1ccc(-c2ccccc2-c2nn[nH]n2)cc1. The van der Waals surface area contributed by atoms with E-state index >= 15 is 0 Å². The quantitative estimate of drug-likeness (QED) is 0.00906. The van der Waals surface area contributed by atoms with Crippen LogP contribution in [-0.2, 0) is 73.7 Å². The van der Waals surface area contributed by atoms with Crippen molar-refractivity contribution in [2.75, 3.05) is 19.8 Å². The third-order valence-electron chi connectivity index (χ3n) is 15.4. The Labute approximate surface area is 594 Å². The Morgan fingerprint density at radius 1 is 0.538 bits per heavy atom. The van der Waals surface area contributed by atoms with E-state index in [0.29, 0.717) is 47.9 Å². The van der Waals surface area contributed by atoms with Gasteiger partial charge in [-0.05, 0) is 108 Å². The fourth-order valence-corrected chi connectivity index (χ4v) is 11.0. The Kier molecular flexibility index (Phi) is 28.5. The van der Waals surface area contributed by atoms with Gasteiger partial charge < -0.3 is 56.9 Å². The van der Waals surface area contributed by atoms with Crippen molar-refractivity contribution in [2.45, 2.75) is 143 Å². The van der Waals surface area contributed by atoms with E-state index in [4.69, 9.17) is 45.0 Å². The molecule has 0 spiro atoms. The lowest BCUT2D eigenvalue weighted by Gasteiger charge is -2.20. The van der Waals surface area contributed by atoms with E-state index in [9.17, 15) is 59.6 Å². The van der Waals surface area contributed by atoms with E-state index in [0.717, 1.165) is 69.6 Å². The molecular formula is C65H71ClN16O22. The molecule has 5 aromatic carbocycles. The molecule has 5 atom stereocenters. The number of esters is 2. The number of para-hydroxylation sites is 1. The zero-order valence-corrected chi connectivity index (χ0v) is 57.3. The zero-order chi connectivity index (χ0) is 74.7. The van der Waals surface area contributed by atoms with Crippen LogP contribution in [0.5, 0.6) is 0 Å². The van der Waals surface area contributed by atoms with Crippen LogP contribution in [0.1, 0.15) is 130 Å². The summed E-state index contributed by atoms with van der Waals surface area (Å²) in [5, 5.41) is 66.6. The number of carbonyl (C=O) groups excluding carboxylic acids is 4. The summed E-state index contributed by atoms with van der Waals surface area (Å²) >= 11 is 6.46. The van der Waals surface area contributed by atoms with E-state index in [1.54, 1.807) is 16.7 Å². The van der Waals surface area contributed by atoms with Gasteiger partial charge in [0.05, 0.1) is 29.8 Å². The molecule has 550 valence electrons. The summed E-state index contributed by atoms with van der Waals surface area (Å²) in [6.45, 7) is 7.58. The summed E-state index contributed by atoms with van der Waals surface area (Å²) in [4.78, 5) is 120. The molecule has 0 radical (unpaired) electrons. The minimum absolute atomic E-state index is 0.00864. The number of carbonyl (C=O) groups is 4. The highest BCUT2D eigenvalue weighted by Gasteiger charge is 2.29. The minimum Gasteiger partial charge on any atom is -0.434 e. The fourth-order valence-electron chi connectivity index (χ4n) is 10.7. The molecule has 4 heterocycles. The summed E-state index contributed by atoms with van der Waals surface area (Å²) in [7, 11) is 0. The summed E-state index contributed by atoms with van der Waals surface area (Å²) in [5.74, 6) is 0.703. The summed E-state index contributed by atoms with van der Waals surface area (Å²) in [6, 6.07) is 36.3. The van der Waals surface area contributed by atoms with Gasteiger partial charge in [-0.2, -0.15) is 10.4 Å². The van der Waals surface area contributed by atoms with E-state index in [-0.39, 0.29) is 68.3 Å². The molecule has 0 saturated carbocycles. The Bertz CT molecular complexity index is 4350. The third kappa shape index (κ3) is 22.5. The maximum absolute atomic E-state index is 13.5. The number of aryl methyl sites for hydroxylation is 2. The van der Waals surface area contributed by atoms with Crippen LogP contribution >= 0.6 is 11.6 Å². The Morgan fingerprint density at radius 3 is 1.59 bits per heavy atom. The summed E-state index contributed by atoms with van der Waals surface area (Å²) < 4.78 is 34.6. The average molecular weight is 1460 g/mol. The molecule has 4 aromatic heterocycles. The second kappa shape index (κ2) is 38.3. The highest BCUT2D eigenvalue weighted by Crippen LogP contribution is 2.33. The molecule has 104 heavy (non-hydrogen) atoms.